The lowest BCUT2D eigenvalue weighted by atomic mass is 9.94. The van der Waals surface area contributed by atoms with Crippen LogP contribution < -0.4 is 4.74 Å². The fraction of sp³-hybridized carbons (Fsp3) is 0.500. The zero-order valence-electron chi connectivity index (χ0n) is 22.5. The van der Waals surface area contributed by atoms with Crippen LogP contribution in [0.25, 0.3) is 22.3 Å². The molecule has 0 N–H and O–H groups in total. The summed E-state index contributed by atoms with van der Waals surface area (Å²) in [4.78, 5) is 22.4. The molecule has 3 aromatic rings. The van der Waals surface area contributed by atoms with Gasteiger partial charge in [0.2, 0.25) is 5.82 Å². The highest BCUT2D eigenvalue weighted by Crippen LogP contribution is 2.40. The van der Waals surface area contributed by atoms with Gasteiger partial charge in [-0.15, -0.1) is 0 Å². The number of likely N-dealkylation sites (tertiary alicyclic amines) is 1. The molecule has 0 atom stereocenters. The van der Waals surface area contributed by atoms with Crippen LogP contribution >= 0.6 is 0 Å². The number of carbonyl (C=O) groups excluding carboxylic acids is 1. The minimum Gasteiger partial charge on any atom is -0.493 e. The number of aryl methyl sites for hydroxylation is 1. The third-order valence-electron chi connectivity index (χ3n) is 6.67. The average Bonchev–Trinajstić information content (AvgIpc) is 3.30. The zero-order valence-corrected chi connectivity index (χ0v) is 22.5. The Morgan fingerprint density at radius 3 is 2.49 bits per heavy atom. The van der Waals surface area contributed by atoms with E-state index in [1.807, 2.05) is 38.3 Å². The van der Waals surface area contributed by atoms with Crippen molar-refractivity contribution in [3.63, 3.8) is 0 Å². The summed E-state index contributed by atoms with van der Waals surface area (Å²) >= 11 is 0. The van der Waals surface area contributed by atoms with Gasteiger partial charge in [0, 0.05) is 36.8 Å². The van der Waals surface area contributed by atoms with E-state index in [-0.39, 0.29) is 41.4 Å². The highest BCUT2D eigenvalue weighted by Gasteiger charge is 2.35. The van der Waals surface area contributed by atoms with Gasteiger partial charge in [-0.3, -0.25) is 0 Å². The molecule has 11 heteroatoms. The molecule has 208 valence electrons. The fourth-order valence-electron chi connectivity index (χ4n) is 4.68. The van der Waals surface area contributed by atoms with Gasteiger partial charge in [-0.2, -0.15) is 18.4 Å². The van der Waals surface area contributed by atoms with Crippen LogP contribution in [-0.4, -0.2) is 50.8 Å². The number of ether oxygens (including phenoxy) is 2. The number of nitriles is 1. The first-order chi connectivity index (χ1) is 18.4. The second-order valence-electron chi connectivity index (χ2n) is 10.6. The molecule has 39 heavy (non-hydrogen) atoms. The normalized spacial score (nSPS) is 14.9. The maximum atomic E-state index is 14.1. The van der Waals surface area contributed by atoms with E-state index in [0.29, 0.717) is 37.1 Å². The monoisotopic (exact) mass is 543 g/mol. The van der Waals surface area contributed by atoms with Crippen LogP contribution in [-0.2, 0) is 17.5 Å². The van der Waals surface area contributed by atoms with Crippen molar-refractivity contribution >= 4 is 17.1 Å². The molecule has 8 nitrogen and oxygen atoms in total. The lowest BCUT2D eigenvalue weighted by molar-refractivity contribution is -0.138. The molecule has 0 bridgehead atoms. The molecule has 0 saturated carbocycles. The van der Waals surface area contributed by atoms with Gasteiger partial charge in [-0.25, -0.2) is 14.8 Å². The van der Waals surface area contributed by atoms with E-state index in [1.54, 1.807) is 17.2 Å². The van der Waals surface area contributed by atoms with Gasteiger partial charge < -0.3 is 18.9 Å². The van der Waals surface area contributed by atoms with E-state index in [2.05, 4.69) is 9.97 Å². The van der Waals surface area contributed by atoms with Gasteiger partial charge in [0.1, 0.15) is 23.1 Å². The van der Waals surface area contributed by atoms with Crippen molar-refractivity contribution in [2.24, 2.45) is 5.92 Å². The maximum Gasteiger partial charge on any atom is 0.419 e. The number of hydrogen-bond donors (Lipinski definition) is 0. The number of aromatic nitrogens is 3. The Bertz CT molecular complexity index is 1380. The highest BCUT2D eigenvalue weighted by molar-refractivity contribution is 5.91. The Balaban J connectivity index is 1.47. The Morgan fingerprint density at radius 2 is 1.87 bits per heavy atom. The maximum absolute atomic E-state index is 14.1. The molecule has 2 aromatic heterocycles. The van der Waals surface area contributed by atoms with Gasteiger partial charge in [0.25, 0.3) is 0 Å². The van der Waals surface area contributed by atoms with Crippen LogP contribution in [0.2, 0.25) is 0 Å². The van der Waals surface area contributed by atoms with Crippen molar-refractivity contribution in [3.8, 4) is 23.1 Å². The van der Waals surface area contributed by atoms with Crippen LogP contribution in [0, 0.1) is 17.2 Å². The number of amides is 1. The molecule has 1 aliphatic rings. The summed E-state index contributed by atoms with van der Waals surface area (Å²) in [5.41, 5.74) is -0.490. The first kappa shape index (κ1) is 28.2. The Kier molecular flexibility index (Phi) is 8.04. The quantitative estimate of drug-likeness (QED) is 0.356. The first-order valence-corrected chi connectivity index (χ1v) is 13.0. The third-order valence-corrected chi connectivity index (χ3v) is 6.67. The number of halogens is 3. The van der Waals surface area contributed by atoms with E-state index in [0.717, 1.165) is 18.9 Å². The van der Waals surface area contributed by atoms with Crippen molar-refractivity contribution in [1.29, 1.82) is 5.26 Å². The smallest absolute Gasteiger partial charge is 0.419 e. The average molecular weight is 544 g/mol. The minimum atomic E-state index is -4.65. The van der Waals surface area contributed by atoms with Crippen LogP contribution in [0.15, 0.2) is 30.5 Å². The molecule has 1 fully saturated rings. The number of nitrogens with zero attached hydrogens (tertiary/aromatic N) is 5. The van der Waals surface area contributed by atoms with Crippen molar-refractivity contribution in [2.75, 3.05) is 19.7 Å². The molecule has 0 unspecified atom stereocenters. The predicted molar refractivity (Wildman–Crippen MR) is 139 cm³/mol. The number of fused-ring (bicyclic) bond motifs is 1. The third kappa shape index (κ3) is 6.61. The van der Waals surface area contributed by atoms with Crippen molar-refractivity contribution in [1.82, 2.24) is 19.4 Å². The molecule has 1 aromatic carbocycles. The van der Waals surface area contributed by atoms with E-state index in [1.165, 1.54) is 12.1 Å². The second-order valence-corrected chi connectivity index (χ2v) is 10.6. The summed E-state index contributed by atoms with van der Waals surface area (Å²) in [5, 5.41) is 9.94. The summed E-state index contributed by atoms with van der Waals surface area (Å²) in [5.74, 6) is -0.134. The first-order valence-electron chi connectivity index (χ1n) is 13.0. The summed E-state index contributed by atoms with van der Waals surface area (Å²) in [6, 6.07) is 7.47. The summed E-state index contributed by atoms with van der Waals surface area (Å²) in [6.07, 6.45) is -1.19. The van der Waals surface area contributed by atoms with E-state index in [4.69, 9.17) is 9.47 Å². The Morgan fingerprint density at radius 1 is 1.15 bits per heavy atom. The second kappa shape index (κ2) is 11.1. The molecular formula is C28H32F3N5O3. The van der Waals surface area contributed by atoms with Crippen LogP contribution in [0.5, 0.6) is 5.75 Å². The molecule has 3 heterocycles. The Labute approximate surface area is 225 Å². The number of benzene rings is 1. The lowest BCUT2D eigenvalue weighted by Gasteiger charge is -2.33. The van der Waals surface area contributed by atoms with Crippen molar-refractivity contribution < 1.29 is 27.4 Å². The fourth-order valence-corrected chi connectivity index (χ4v) is 4.68. The number of piperidine rings is 1. The highest BCUT2D eigenvalue weighted by atomic mass is 19.4. The molecule has 1 amide bonds. The SMILES string of the molecule is CCn1ccc2c(-c3ccc(OCCC4CCN(C(=O)OC(C)(C)C)CC4)c(C(F)(F)F)c3)nc(C#N)nc21. The van der Waals surface area contributed by atoms with Crippen molar-refractivity contribution in [2.45, 2.75) is 65.3 Å². The zero-order chi connectivity index (χ0) is 28.4. The van der Waals surface area contributed by atoms with Gasteiger partial charge in [-0.1, -0.05) is 0 Å². The largest absolute Gasteiger partial charge is 0.493 e. The molecule has 4 rings (SSSR count). The van der Waals surface area contributed by atoms with Gasteiger partial charge in [-0.05, 0) is 77.1 Å². The number of carbonyl (C=O) groups is 1. The van der Waals surface area contributed by atoms with E-state index in [9.17, 15) is 23.2 Å². The number of hydrogen-bond acceptors (Lipinski definition) is 6. The van der Waals surface area contributed by atoms with E-state index >= 15 is 0 Å². The van der Waals surface area contributed by atoms with Gasteiger partial charge >= 0.3 is 12.3 Å². The molecule has 0 spiro atoms. The van der Waals surface area contributed by atoms with Crippen LogP contribution in [0.3, 0.4) is 0 Å². The van der Waals surface area contributed by atoms with Gasteiger partial charge in [0.05, 0.1) is 17.9 Å². The van der Waals surface area contributed by atoms with E-state index < -0.39 is 17.3 Å². The molecule has 1 saturated heterocycles. The topological polar surface area (TPSA) is 93.3 Å². The summed E-state index contributed by atoms with van der Waals surface area (Å²) in [7, 11) is 0. The van der Waals surface area contributed by atoms with Gasteiger partial charge in [0.15, 0.2) is 0 Å². The standard InChI is InChI=1S/C28H32F3N5O3/c1-5-35-14-10-20-24(33-23(17-32)34-25(20)35)19-6-7-22(21(16-19)28(29,30)31)38-15-11-18-8-12-36(13-9-18)26(37)39-27(2,3)4/h6-7,10,14,16,18H,5,8-9,11-13,15H2,1-4H3. The predicted octanol–water partition coefficient (Wildman–Crippen LogP) is 6.42. The number of rotatable bonds is 6. The lowest BCUT2D eigenvalue weighted by Crippen LogP contribution is -2.41. The summed E-state index contributed by atoms with van der Waals surface area (Å²) < 4.78 is 55.0. The van der Waals surface area contributed by atoms with Crippen LogP contribution in [0.1, 0.15) is 58.3 Å². The minimum absolute atomic E-state index is 0.113. The molecular weight excluding hydrogens is 511 g/mol. The van der Waals surface area contributed by atoms with Crippen molar-refractivity contribution in [3.05, 3.63) is 41.9 Å². The Hall–Kier alpha value is -3.81. The molecule has 0 aliphatic carbocycles. The number of alkyl halides is 3. The van der Waals surface area contributed by atoms with Crippen LogP contribution in [0.4, 0.5) is 18.0 Å². The molecule has 1 aliphatic heterocycles. The summed E-state index contributed by atoms with van der Waals surface area (Å²) in [6.45, 7) is 9.15. The molecule has 0 radical (unpaired) electrons.